The fourth-order valence-electron chi connectivity index (χ4n) is 1.67. The molecule has 0 atom stereocenters. The van der Waals surface area contributed by atoms with Crippen molar-refractivity contribution >= 4 is 9.84 Å². The number of aromatic amines is 1. The van der Waals surface area contributed by atoms with Crippen LogP contribution >= 0.6 is 0 Å². The van der Waals surface area contributed by atoms with E-state index in [4.69, 9.17) is 0 Å². The van der Waals surface area contributed by atoms with Crippen LogP contribution in [0, 0.1) is 0 Å². The molecule has 1 aromatic carbocycles. The van der Waals surface area contributed by atoms with E-state index in [1.807, 2.05) is 30.5 Å². The van der Waals surface area contributed by atoms with Gasteiger partial charge in [-0.2, -0.15) is 0 Å². The number of H-pyrrole nitrogens is 1. The van der Waals surface area contributed by atoms with Gasteiger partial charge in [0.05, 0.1) is 4.90 Å². The van der Waals surface area contributed by atoms with Gasteiger partial charge in [-0.05, 0) is 29.8 Å². The highest BCUT2D eigenvalue weighted by atomic mass is 32.2. The highest BCUT2D eigenvalue weighted by molar-refractivity contribution is 7.90. The summed E-state index contributed by atoms with van der Waals surface area (Å²) in [7, 11) is -3.10. The van der Waals surface area contributed by atoms with Crippen molar-refractivity contribution in [3.8, 4) is 0 Å². The summed E-state index contributed by atoms with van der Waals surface area (Å²) in [4.78, 5) is 3.47. The molecule has 5 heteroatoms. The molecule has 1 aromatic heterocycles. The smallest absolute Gasteiger partial charge is 0.175 e. The van der Waals surface area contributed by atoms with Gasteiger partial charge < -0.3 is 10.3 Å². The number of hydrogen-bond acceptors (Lipinski definition) is 3. The predicted molar refractivity (Wildman–Crippen MR) is 70.9 cm³/mol. The highest BCUT2D eigenvalue weighted by Gasteiger charge is 2.05. The summed E-state index contributed by atoms with van der Waals surface area (Å²) in [6.07, 6.45) is 3.10. The van der Waals surface area contributed by atoms with Gasteiger partial charge in [0, 0.05) is 31.2 Å². The molecule has 0 aliphatic rings. The third-order valence-corrected chi connectivity index (χ3v) is 3.79. The van der Waals surface area contributed by atoms with E-state index in [1.54, 1.807) is 12.1 Å². The second-order valence-corrected chi connectivity index (χ2v) is 6.23. The van der Waals surface area contributed by atoms with Crippen molar-refractivity contribution in [1.82, 2.24) is 10.3 Å². The Bertz CT molecular complexity index is 586. The zero-order valence-corrected chi connectivity index (χ0v) is 11.0. The van der Waals surface area contributed by atoms with Gasteiger partial charge in [0.1, 0.15) is 0 Å². The second kappa shape index (κ2) is 5.37. The summed E-state index contributed by atoms with van der Waals surface area (Å²) >= 11 is 0. The van der Waals surface area contributed by atoms with E-state index < -0.39 is 9.84 Å². The normalized spacial score (nSPS) is 11.6. The molecule has 2 aromatic rings. The zero-order chi connectivity index (χ0) is 13.0. The van der Waals surface area contributed by atoms with Crippen LogP contribution < -0.4 is 5.32 Å². The quantitative estimate of drug-likeness (QED) is 0.864. The van der Waals surface area contributed by atoms with Crippen LogP contribution in [0.1, 0.15) is 11.3 Å². The minimum atomic E-state index is -3.10. The summed E-state index contributed by atoms with van der Waals surface area (Å²) in [6, 6.07) is 10.9. The molecule has 0 aliphatic carbocycles. The molecule has 0 radical (unpaired) electrons. The van der Waals surface area contributed by atoms with Crippen LogP contribution in [0.4, 0.5) is 0 Å². The lowest BCUT2D eigenvalue weighted by Gasteiger charge is -2.05. The van der Waals surface area contributed by atoms with Crippen LogP contribution in [0.3, 0.4) is 0 Å². The van der Waals surface area contributed by atoms with E-state index >= 15 is 0 Å². The van der Waals surface area contributed by atoms with Gasteiger partial charge in [0.25, 0.3) is 0 Å². The molecule has 0 saturated carbocycles. The number of hydrogen-bond donors (Lipinski definition) is 2. The van der Waals surface area contributed by atoms with Gasteiger partial charge in [0.2, 0.25) is 0 Å². The number of aromatic nitrogens is 1. The first kappa shape index (κ1) is 12.9. The van der Waals surface area contributed by atoms with Crippen molar-refractivity contribution in [3.63, 3.8) is 0 Å². The second-order valence-electron chi connectivity index (χ2n) is 4.22. The Morgan fingerprint density at radius 2 is 1.83 bits per heavy atom. The van der Waals surface area contributed by atoms with Gasteiger partial charge in [0.15, 0.2) is 9.84 Å². The fourth-order valence-corrected chi connectivity index (χ4v) is 2.30. The first-order valence-electron chi connectivity index (χ1n) is 5.68. The molecule has 0 saturated heterocycles. The van der Waals surface area contributed by atoms with Crippen molar-refractivity contribution in [1.29, 1.82) is 0 Å². The van der Waals surface area contributed by atoms with Gasteiger partial charge in [-0.3, -0.25) is 0 Å². The van der Waals surface area contributed by atoms with E-state index in [-0.39, 0.29) is 0 Å². The lowest BCUT2D eigenvalue weighted by molar-refractivity contribution is 0.602. The van der Waals surface area contributed by atoms with Gasteiger partial charge in [-0.1, -0.05) is 12.1 Å². The Morgan fingerprint density at radius 1 is 1.11 bits per heavy atom. The monoisotopic (exact) mass is 264 g/mol. The van der Waals surface area contributed by atoms with Gasteiger partial charge in [-0.15, -0.1) is 0 Å². The summed E-state index contributed by atoms with van der Waals surface area (Å²) < 4.78 is 22.6. The molecule has 0 amide bonds. The van der Waals surface area contributed by atoms with Crippen LogP contribution in [0.15, 0.2) is 47.5 Å². The molecule has 96 valence electrons. The fraction of sp³-hybridized carbons (Fsp3) is 0.231. The molecule has 2 rings (SSSR count). The van der Waals surface area contributed by atoms with E-state index in [9.17, 15) is 8.42 Å². The van der Waals surface area contributed by atoms with E-state index in [1.165, 1.54) is 6.26 Å². The summed E-state index contributed by atoms with van der Waals surface area (Å²) in [6.45, 7) is 1.48. The van der Waals surface area contributed by atoms with Gasteiger partial charge in [-0.25, -0.2) is 8.42 Å². The van der Waals surface area contributed by atoms with E-state index in [2.05, 4.69) is 10.3 Å². The lowest BCUT2D eigenvalue weighted by Crippen LogP contribution is -2.12. The summed E-state index contributed by atoms with van der Waals surface area (Å²) in [5.41, 5.74) is 2.19. The Kier molecular flexibility index (Phi) is 3.84. The van der Waals surface area contributed by atoms with Crippen LogP contribution in [0.2, 0.25) is 0 Å². The Balaban J connectivity index is 1.91. The molecule has 0 unspecified atom stereocenters. The Hall–Kier alpha value is -1.59. The molecule has 0 spiro atoms. The minimum Gasteiger partial charge on any atom is -0.364 e. The molecule has 18 heavy (non-hydrogen) atoms. The molecular formula is C13H16N2O2S. The number of nitrogens with one attached hydrogen (secondary N) is 2. The maximum atomic E-state index is 11.3. The first-order chi connectivity index (χ1) is 8.55. The Morgan fingerprint density at radius 3 is 2.39 bits per heavy atom. The highest BCUT2D eigenvalue weighted by Crippen LogP contribution is 2.10. The Labute approximate surface area is 107 Å². The third-order valence-electron chi connectivity index (χ3n) is 2.66. The molecule has 4 nitrogen and oxygen atoms in total. The minimum absolute atomic E-state index is 0.357. The van der Waals surface area contributed by atoms with Crippen LogP contribution in [-0.2, 0) is 22.9 Å². The van der Waals surface area contributed by atoms with E-state index in [0.717, 1.165) is 17.8 Å². The van der Waals surface area contributed by atoms with Crippen LogP contribution in [0.25, 0.3) is 0 Å². The molecular weight excluding hydrogens is 248 g/mol. The van der Waals surface area contributed by atoms with Crippen molar-refractivity contribution in [2.24, 2.45) is 0 Å². The molecule has 1 heterocycles. The number of benzene rings is 1. The van der Waals surface area contributed by atoms with Gasteiger partial charge >= 0.3 is 0 Å². The predicted octanol–water partition coefficient (Wildman–Crippen LogP) is 1.71. The molecule has 0 aliphatic heterocycles. The maximum Gasteiger partial charge on any atom is 0.175 e. The summed E-state index contributed by atoms with van der Waals surface area (Å²) in [5.74, 6) is 0. The van der Waals surface area contributed by atoms with Crippen LogP contribution in [-0.4, -0.2) is 19.7 Å². The maximum absolute atomic E-state index is 11.3. The largest absolute Gasteiger partial charge is 0.364 e. The lowest BCUT2D eigenvalue weighted by atomic mass is 10.2. The molecule has 0 fully saturated rings. The third kappa shape index (κ3) is 3.45. The average molecular weight is 264 g/mol. The zero-order valence-electron chi connectivity index (χ0n) is 10.2. The average Bonchev–Trinajstić information content (AvgIpc) is 2.82. The van der Waals surface area contributed by atoms with Crippen molar-refractivity contribution in [2.45, 2.75) is 18.0 Å². The van der Waals surface area contributed by atoms with Crippen molar-refractivity contribution in [3.05, 3.63) is 53.9 Å². The molecule has 0 bridgehead atoms. The number of sulfone groups is 1. The first-order valence-corrected chi connectivity index (χ1v) is 7.57. The van der Waals surface area contributed by atoms with Crippen molar-refractivity contribution in [2.75, 3.05) is 6.26 Å². The summed E-state index contributed by atoms with van der Waals surface area (Å²) in [5, 5.41) is 3.28. The topological polar surface area (TPSA) is 62.0 Å². The number of rotatable bonds is 5. The SMILES string of the molecule is CS(=O)(=O)c1ccc(CNCc2ccc[nH]2)cc1. The van der Waals surface area contributed by atoms with Crippen LogP contribution in [0.5, 0.6) is 0 Å². The standard InChI is InChI=1S/C13H16N2O2S/c1-18(16,17)13-6-4-11(5-7-13)9-14-10-12-3-2-8-15-12/h2-8,14-15H,9-10H2,1H3. The van der Waals surface area contributed by atoms with E-state index in [0.29, 0.717) is 11.4 Å². The molecule has 2 N–H and O–H groups in total. The van der Waals surface area contributed by atoms with Crippen molar-refractivity contribution < 1.29 is 8.42 Å².